The maximum atomic E-state index is 12.5. The normalized spacial score (nSPS) is 15.2. The van der Waals surface area contributed by atoms with Gasteiger partial charge in [0.05, 0.1) is 11.8 Å². The number of hydrogen-bond acceptors (Lipinski definition) is 5. The minimum atomic E-state index is -0.0188. The van der Waals surface area contributed by atoms with Crippen molar-refractivity contribution in [3.05, 3.63) is 47.2 Å². The Bertz CT molecular complexity index is 995. The van der Waals surface area contributed by atoms with Crippen LogP contribution in [0.5, 0.6) is 0 Å². The first kappa shape index (κ1) is 18.9. The summed E-state index contributed by atoms with van der Waals surface area (Å²) in [6, 6.07) is 6.09. The first-order valence-corrected chi connectivity index (χ1v) is 10.2. The molecule has 3 aromatic rings. The van der Waals surface area contributed by atoms with Gasteiger partial charge in [-0.15, -0.1) is 0 Å². The Kier molecular flexibility index (Phi) is 5.30. The molecular formula is C20H23BrN6O. The molecule has 1 aliphatic rings. The Morgan fingerprint density at radius 3 is 2.75 bits per heavy atom. The van der Waals surface area contributed by atoms with E-state index >= 15 is 0 Å². The van der Waals surface area contributed by atoms with Crippen LogP contribution in [0.4, 0.5) is 5.82 Å². The second kappa shape index (κ2) is 7.87. The number of fused-ring (bicyclic) bond motifs is 1. The number of aryl methyl sites for hydroxylation is 1. The fourth-order valence-electron chi connectivity index (χ4n) is 3.78. The van der Waals surface area contributed by atoms with Crippen molar-refractivity contribution < 1.29 is 4.79 Å². The van der Waals surface area contributed by atoms with Gasteiger partial charge in [0.2, 0.25) is 0 Å². The molecule has 146 valence electrons. The molecule has 0 spiro atoms. The molecule has 1 fully saturated rings. The summed E-state index contributed by atoms with van der Waals surface area (Å²) in [4.78, 5) is 29.7. The van der Waals surface area contributed by atoms with Gasteiger partial charge < -0.3 is 14.4 Å². The van der Waals surface area contributed by atoms with Gasteiger partial charge in [-0.25, -0.2) is 15.0 Å². The maximum absolute atomic E-state index is 12.5. The number of carbonyl (C=O) groups is 1. The Morgan fingerprint density at radius 2 is 2.04 bits per heavy atom. The van der Waals surface area contributed by atoms with Gasteiger partial charge in [-0.05, 0) is 37.0 Å². The summed E-state index contributed by atoms with van der Waals surface area (Å²) in [5, 5.41) is 1.07. The molecule has 7 nitrogen and oxygen atoms in total. The molecular weight excluding hydrogens is 420 g/mol. The maximum Gasteiger partial charge on any atom is 0.273 e. The zero-order valence-electron chi connectivity index (χ0n) is 16.0. The summed E-state index contributed by atoms with van der Waals surface area (Å²) < 4.78 is 2.82. The van der Waals surface area contributed by atoms with E-state index in [1.54, 1.807) is 28.3 Å². The van der Waals surface area contributed by atoms with Crippen LogP contribution in [0.15, 0.2) is 41.5 Å². The van der Waals surface area contributed by atoms with Crippen LogP contribution in [-0.2, 0) is 7.05 Å². The van der Waals surface area contributed by atoms with E-state index < -0.39 is 0 Å². The summed E-state index contributed by atoms with van der Waals surface area (Å²) >= 11 is 3.54. The van der Waals surface area contributed by atoms with Gasteiger partial charge in [0, 0.05) is 49.8 Å². The molecule has 0 saturated carbocycles. The Hall–Kier alpha value is -2.48. The van der Waals surface area contributed by atoms with Gasteiger partial charge in [-0.2, -0.15) is 0 Å². The van der Waals surface area contributed by atoms with E-state index in [0.717, 1.165) is 53.7 Å². The number of carbonyl (C=O) groups excluding carboxylic acids is 1. The highest BCUT2D eigenvalue weighted by atomic mass is 79.9. The largest absolute Gasteiger partial charge is 0.356 e. The molecule has 3 heterocycles. The van der Waals surface area contributed by atoms with Gasteiger partial charge in [0.25, 0.3) is 5.91 Å². The number of aromatic nitrogens is 4. The molecule has 4 rings (SSSR count). The Labute approximate surface area is 172 Å². The first-order chi connectivity index (χ1) is 13.5. The average molecular weight is 443 g/mol. The summed E-state index contributed by atoms with van der Waals surface area (Å²) in [7, 11) is 3.73. The van der Waals surface area contributed by atoms with Crippen LogP contribution in [0.2, 0.25) is 0 Å². The standard InChI is InChI=1S/C20H23BrN6O/c1-25-11-18(24-13-25)20(28)26(2)10-14-5-7-27(8-6-14)19-16-9-15(21)3-4-17(16)22-12-23-19/h3-4,9,11-14H,5-8,10H2,1-2H3. The third-order valence-corrected chi connectivity index (χ3v) is 5.79. The second-order valence-corrected chi connectivity index (χ2v) is 8.31. The molecule has 28 heavy (non-hydrogen) atoms. The van der Waals surface area contributed by atoms with Crippen molar-refractivity contribution in [1.29, 1.82) is 0 Å². The molecule has 1 aromatic carbocycles. The molecule has 0 atom stereocenters. The third kappa shape index (κ3) is 3.87. The van der Waals surface area contributed by atoms with Crippen LogP contribution < -0.4 is 4.90 Å². The van der Waals surface area contributed by atoms with E-state index in [1.807, 2.05) is 26.2 Å². The molecule has 1 aliphatic heterocycles. The molecule has 1 amide bonds. The van der Waals surface area contributed by atoms with Crippen LogP contribution in [0.3, 0.4) is 0 Å². The fourth-order valence-corrected chi connectivity index (χ4v) is 4.14. The summed E-state index contributed by atoms with van der Waals surface area (Å²) in [5.41, 5.74) is 1.46. The minimum absolute atomic E-state index is 0.0188. The van der Waals surface area contributed by atoms with E-state index in [2.05, 4.69) is 41.8 Å². The number of nitrogens with zero attached hydrogens (tertiary/aromatic N) is 6. The molecule has 8 heteroatoms. The van der Waals surface area contributed by atoms with Gasteiger partial charge in [0.15, 0.2) is 0 Å². The van der Waals surface area contributed by atoms with Crippen molar-refractivity contribution in [3.63, 3.8) is 0 Å². The number of benzene rings is 1. The van der Waals surface area contributed by atoms with Crippen LogP contribution in [0, 0.1) is 5.92 Å². The predicted octanol–water partition coefficient (Wildman–Crippen LogP) is 3.11. The van der Waals surface area contributed by atoms with Crippen molar-refractivity contribution in [2.45, 2.75) is 12.8 Å². The number of rotatable bonds is 4. The van der Waals surface area contributed by atoms with E-state index in [0.29, 0.717) is 11.6 Å². The van der Waals surface area contributed by atoms with Crippen LogP contribution in [0.1, 0.15) is 23.3 Å². The van der Waals surface area contributed by atoms with Crippen molar-refractivity contribution in [3.8, 4) is 0 Å². The lowest BCUT2D eigenvalue weighted by atomic mass is 9.96. The third-order valence-electron chi connectivity index (χ3n) is 5.29. The monoisotopic (exact) mass is 442 g/mol. The summed E-state index contributed by atoms with van der Waals surface area (Å²) in [6.07, 6.45) is 7.11. The van der Waals surface area contributed by atoms with Crippen LogP contribution >= 0.6 is 15.9 Å². The van der Waals surface area contributed by atoms with Gasteiger partial charge >= 0.3 is 0 Å². The highest BCUT2D eigenvalue weighted by Crippen LogP contribution is 2.29. The van der Waals surface area contributed by atoms with Gasteiger partial charge in [-0.3, -0.25) is 4.79 Å². The Balaban J connectivity index is 1.40. The van der Waals surface area contributed by atoms with E-state index in [-0.39, 0.29) is 5.91 Å². The molecule has 0 radical (unpaired) electrons. The van der Waals surface area contributed by atoms with E-state index in [4.69, 9.17) is 0 Å². The molecule has 1 saturated heterocycles. The quantitative estimate of drug-likeness (QED) is 0.620. The summed E-state index contributed by atoms with van der Waals surface area (Å²) in [6.45, 7) is 2.60. The van der Waals surface area contributed by atoms with Crippen molar-refractivity contribution in [2.75, 3.05) is 31.6 Å². The fraction of sp³-hybridized carbons (Fsp3) is 0.400. The number of hydrogen-bond donors (Lipinski definition) is 0. The topological polar surface area (TPSA) is 67.2 Å². The van der Waals surface area contributed by atoms with Gasteiger partial charge in [-0.1, -0.05) is 15.9 Å². The number of amides is 1. The zero-order valence-corrected chi connectivity index (χ0v) is 17.6. The highest BCUT2D eigenvalue weighted by Gasteiger charge is 2.25. The molecule has 0 unspecified atom stereocenters. The summed E-state index contributed by atoms with van der Waals surface area (Å²) in [5.74, 6) is 1.45. The molecule has 2 aromatic heterocycles. The number of anilines is 1. The van der Waals surface area contributed by atoms with Crippen LogP contribution in [0.25, 0.3) is 10.9 Å². The van der Waals surface area contributed by atoms with Crippen LogP contribution in [-0.4, -0.2) is 57.0 Å². The highest BCUT2D eigenvalue weighted by molar-refractivity contribution is 9.10. The van der Waals surface area contributed by atoms with Gasteiger partial charge in [0.1, 0.15) is 17.8 Å². The van der Waals surface area contributed by atoms with Crippen molar-refractivity contribution >= 4 is 38.6 Å². The van der Waals surface area contributed by atoms with E-state index in [1.165, 1.54) is 0 Å². The lowest BCUT2D eigenvalue weighted by molar-refractivity contribution is 0.0759. The Morgan fingerprint density at radius 1 is 1.25 bits per heavy atom. The number of piperidine rings is 1. The first-order valence-electron chi connectivity index (χ1n) is 9.40. The van der Waals surface area contributed by atoms with Crippen molar-refractivity contribution in [1.82, 2.24) is 24.4 Å². The lowest BCUT2D eigenvalue weighted by Gasteiger charge is -2.34. The average Bonchev–Trinajstić information content (AvgIpc) is 3.14. The predicted molar refractivity (Wildman–Crippen MR) is 112 cm³/mol. The molecule has 0 N–H and O–H groups in total. The smallest absolute Gasteiger partial charge is 0.273 e. The van der Waals surface area contributed by atoms with Crippen molar-refractivity contribution in [2.24, 2.45) is 13.0 Å². The lowest BCUT2D eigenvalue weighted by Crippen LogP contribution is -2.40. The SMILES string of the molecule is CN(CC1CCN(c2ncnc3ccc(Br)cc23)CC1)C(=O)c1cn(C)cn1. The minimum Gasteiger partial charge on any atom is -0.356 e. The van der Waals surface area contributed by atoms with E-state index in [9.17, 15) is 4.79 Å². The molecule has 0 aliphatic carbocycles. The number of halogens is 1. The second-order valence-electron chi connectivity index (χ2n) is 7.40. The molecule has 0 bridgehead atoms. The zero-order chi connectivity index (χ0) is 19.7. The number of imidazole rings is 1.